The van der Waals surface area contributed by atoms with Crippen LogP contribution in [0.15, 0.2) is 57.6 Å². The number of anilines is 1. The summed E-state index contributed by atoms with van der Waals surface area (Å²) in [7, 11) is 0. The average molecular weight is 375 g/mol. The molecule has 4 nitrogen and oxygen atoms in total. The van der Waals surface area contributed by atoms with E-state index < -0.39 is 5.91 Å². The number of nitrogens with two attached hydrogens (primary N) is 1. The highest BCUT2D eigenvalue weighted by atomic mass is 32.2. The van der Waals surface area contributed by atoms with Gasteiger partial charge in [-0.15, -0.1) is 22.7 Å². The fourth-order valence-electron chi connectivity index (χ4n) is 2.02. The molecule has 24 heavy (non-hydrogen) atoms. The van der Waals surface area contributed by atoms with Crippen molar-refractivity contribution in [2.24, 2.45) is 5.73 Å². The summed E-state index contributed by atoms with van der Waals surface area (Å²) < 4.78 is 0.896. The van der Waals surface area contributed by atoms with Crippen molar-refractivity contribution in [2.45, 2.75) is 16.0 Å². The molecule has 2 heterocycles. The number of rotatable bonds is 5. The lowest BCUT2D eigenvalue weighted by atomic mass is 10.3. The van der Waals surface area contributed by atoms with Crippen LogP contribution in [-0.2, 0) is 0 Å². The highest BCUT2D eigenvalue weighted by molar-refractivity contribution is 8.01. The van der Waals surface area contributed by atoms with E-state index in [-0.39, 0.29) is 5.91 Å². The van der Waals surface area contributed by atoms with Crippen molar-refractivity contribution in [3.63, 3.8) is 0 Å². The van der Waals surface area contributed by atoms with Gasteiger partial charge in [-0.3, -0.25) is 9.59 Å². The smallest absolute Gasteiger partial charge is 0.266 e. The van der Waals surface area contributed by atoms with Crippen LogP contribution in [0.25, 0.3) is 0 Å². The second-order valence-electron chi connectivity index (χ2n) is 4.95. The lowest BCUT2D eigenvalue weighted by Crippen LogP contribution is -2.15. The number of amides is 2. The first-order chi connectivity index (χ1) is 11.5. The predicted octanol–water partition coefficient (Wildman–Crippen LogP) is 4.62. The minimum Gasteiger partial charge on any atom is -0.366 e. The van der Waals surface area contributed by atoms with Crippen molar-refractivity contribution >= 4 is 51.3 Å². The molecule has 3 N–H and O–H groups in total. The third-order valence-electron chi connectivity index (χ3n) is 3.13. The molecule has 1 aromatic carbocycles. The molecule has 7 heteroatoms. The summed E-state index contributed by atoms with van der Waals surface area (Å²) in [5, 5.41) is 3.29. The average Bonchev–Trinajstić information content (AvgIpc) is 3.15. The molecule has 0 unspecified atom stereocenters. The fraction of sp³-hybridized carbons (Fsp3) is 0.0588. The molecule has 0 spiro atoms. The predicted molar refractivity (Wildman–Crippen MR) is 100 cm³/mol. The SMILES string of the molecule is Cc1ccc(C(=O)Nc2sc(Sc3ccccc3)cc2C(N)=O)s1. The Kier molecular flexibility index (Phi) is 5.03. The monoisotopic (exact) mass is 374 g/mol. The van der Waals surface area contributed by atoms with Crippen LogP contribution in [-0.4, -0.2) is 11.8 Å². The molecular formula is C17H14N2O2S3. The number of hydrogen-bond donors (Lipinski definition) is 2. The molecule has 0 radical (unpaired) electrons. The maximum Gasteiger partial charge on any atom is 0.266 e. The van der Waals surface area contributed by atoms with Crippen molar-refractivity contribution in [3.05, 3.63) is 63.8 Å². The van der Waals surface area contributed by atoms with Crippen LogP contribution in [0.2, 0.25) is 0 Å². The third-order valence-corrected chi connectivity index (χ3v) is 6.30. The molecule has 0 aliphatic carbocycles. The Hall–Kier alpha value is -2.09. The number of thiophene rings is 2. The van der Waals surface area contributed by atoms with Gasteiger partial charge >= 0.3 is 0 Å². The number of hydrogen-bond acceptors (Lipinski definition) is 5. The van der Waals surface area contributed by atoms with Crippen molar-refractivity contribution in [1.29, 1.82) is 0 Å². The van der Waals surface area contributed by atoms with E-state index in [4.69, 9.17) is 5.73 Å². The minimum absolute atomic E-state index is 0.228. The number of aryl methyl sites for hydroxylation is 1. The van der Waals surface area contributed by atoms with E-state index in [1.807, 2.05) is 43.3 Å². The highest BCUT2D eigenvalue weighted by Gasteiger charge is 2.18. The van der Waals surface area contributed by atoms with E-state index >= 15 is 0 Å². The van der Waals surface area contributed by atoms with Gasteiger partial charge in [0.15, 0.2) is 0 Å². The van der Waals surface area contributed by atoms with Gasteiger partial charge in [0.05, 0.1) is 14.6 Å². The number of carbonyl (C=O) groups excluding carboxylic acids is 2. The standard InChI is InChI=1S/C17H14N2O2S3/c1-10-7-8-13(22-10)16(21)19-17-12(15(18)20)9-14(24-17)23-11-5-3-2-4-6-11/h2-9H,1H3,(H2,18,20)(H,19,21). The van der Waals surface area contributed by atoms with Gasteiger partial charge in [0.2, 0.25) is 0 Å². The molecule has 0 bridgehead atoms. The van der Waals surface area contributed by atoms with Gasteiger partial charge in [0.1, 0.15) is 5.00 Å². The number of nitrogens with one attached hydrogen (secondary N) is 1. The Morgan fingerprint density at radius 2 is 1.83 bits per heavy atom. The van der Waals surface area contributed by atoms with Crippen LogP contribution in [0.4, 0.5) is 5.00 Å². The molecule has 122 valence electrons. The van der Waals surface area contributed by atoms with E-state index in [1.54, 1.807) is 12.1 Å². The number of benzene rings is 1. The first-order valence-corrected chi connectivity index (χ1v) is 9.52. The molecule has 3 rings (SSSR count). The van der Waals surface area contributed by atoms with Crippen molar-refractivity contribution in [3.8, 4) is 0 Å². The summed E-state index contributed by atoms with van der Waals surface area (Å²) in [4.78, 5) is 26.7. The van der Waals surface area contributed by atoms with Crippen LogP contribution in [0.5, 0.6) is 0 Å². The summed E-state index contributed by atoms with van der Waals surface area (Å²) in [6.45, 7) is 1.94. The van der Waals surface area contributed by atoms with Gasteiger partial charge < -0.3 is 11.1 Å². The van der Waals surface area contributed by atoms with Gasteiger partial charge in [-0.05, 0) is 37.3 Å². The molecule has 3 aromatic rings. The normalized spacial score (nSPS) is 10.5. The second-order valence-corrected chi connectivity index (χ2v) is 8.67. The minimum atomic E-state index is -0.552. The van der Waals surface area contributed by atoms with Gasteiger partial charge in [0.25, 0.3) is 11.8 Å². The van der Waals surface area contributed by atoms with Crippen LogP contribution in [0, 0.1) is 6.92 Å². The number of primary amides is 1. The van der Waals surface area contributed by atoms with Crippen molar-refractivity contribution in [2.75, 3.05) is 5.32 Å². The lowest BCUT2D eigenvalue weighted by Gasteiger charge is -2.02. The molecule has 0 fully saturated rings. The molecule has 0 aliphatic rings. The van der Waals surface area contributed by atoms with Crippen molar-refractivity contribution in [1.82, 2.24) is 0 Å². The zero-order valence-electron chi connectivity index (χ0n) is 12.7. The number of carbonyl (C=O) groups is 2. The van der Waals surface area contributed by atoms with E-state index in [0.29, 0.717) is 15.4 Å². The molecule has 2 aromatic heterocycles. The van der Waals surface area contributed by atoms with E-state index in [0.717, 1.165) is 14.0 Å². The molecule has 0 saturated heterocycles. The lowest BCUT2D eigenvalue weighted by molar-refractivity contribution is 0.100. The summed E-state index contributed by atoms with van der Waals surface area (Å²) in [5.41, 5.74) is 5.78. The van der Waals surface area contributed by atoms with Gasteiger partial charge in [-0.1, -0.05) is 30.0 Å². The second kappa shape index (κ2) is 7.21. The maximum atomic E-state index is 12.3. The molecule has 2 amide bonds. The Morgan fingerprint density at radius 1 is 1.08 bits per heavy atom. The Balaban J connectivity index is 1.84. The topological polar surface area (TPSA) is 72.2 Å². The van der Waals surface area contributed by atoms with E-state index in [1.165, 1.54) is 34.4 Å². The van der Waals surface area contributed by atoms with Gasteiger partial charge in [0, 0.05) is 9.77 Å². The fourth-order valence-corrected chi connectivity index (χ4v) is 4.98. The molecular weight excluding hydrogens is 360 g/mol. The molecule has 0 atom stereocenters. The largest absolute Gasteiger partial charge is 0.366 e. The van der Waals surface area contributed by atoms with Crippen LogP contribution >= 0.6 is 34.4 Å². The van der Waals surface area contributed by atoms with Gasteiger partial charge in [-0.25, -0.2) is 0 Å². The third kappa shape index (κ3) is 3.87. The Labute approximate surface area is 151 Å². The first-order valence-electron chi connectivity index (χ1n) is 7.07. The Morgan fingerprint density at radius 3 is 2.46 bits per heavy atom. The van der Waals surface area contributed by atoms with Crippen LogP contribution in [0.1, 0.15) is 24.9 Å². The van der Waals surface area contributed by atoms with Crippen LogP contribution in [0.3, 0.4) is 0 Å². The maximum absolute atomic E-state index is 12.3. The molecule has 0 aliphatic heterocycles. The van der Waals surface area contributed by atoms with E-state index in [2.05, 4.69) is 5.32 Å². The van der Waals surface area contributed by atoms with Gasteiger partial charge in [-0.2, -0.15) is 0 Å². The summed E-state index contributed by atoms with van der Waals surface area (Å²) in [5.74, 6) is -0.780. The first kappa shape index (κ1) is 16.8. The van der Waals surface area contributed by atoms with Crippen LogP contribution < -0.4 is 11.1 Å². The Bertz CT molecular complexity index is 884. The summed E-state index contributed by atoms with van der Waals surface area (Å²) >= 11 is 4.29. The summed E-state index contributed by atoms with van der Waals surface area (Å²) in [6, 6.07) is 15.2. The van der Waals surface area contributed by atoms with Crippen molar-refractivity contribution < 1.29 is 9.59 Å². The summed E-state index contributed by atoms with van der Waals surface area (Å²) in [6.07, 6.45) is 0. The highest BCUT2D eigenvalue weighted by Crippen LogP contribution is 2.38. The van der Waals surface area contributed by atoms with E-state index in [9.17, 15) is 9.59 Å². The quantitative estimate of drug-likeness (QED) is 0.684. The molecule has 0 saturated carbocycles. The zero-order valence-corrected chi connectivity index (χ0v) is 15.2. The zero-order chi connectivity index (χ0) is 17.1.